The molecule has 1 unspecified atom stereocenters. The molecule has 1 atom stereocenters. The van der Waals surface area contributed by atoms with E-state index in [1.54, 1.807) is 17.0 Å². The van der Waals surface area contributed by atoms with Gasteiger partial charge in [-0.05, 0) is 31.4 Å². The van der Waals surface area contributed by atoms with Crippen LogP contribution in [0.1, 0.15) is 41.7 Å². The first kappa shape index (κ1) is 14.7. The first-order chi connectivity index (χ1) is 11.8. The number of likely N-dealkylation sites (tertiary alicyclic amines) is 1. The minimum atomic E-state index is -0.207. The molecule has 4 rings (SSSR count). The number of benzene rings is 1. The molecule has 3 heterocycles. The van der Waals surface area contributed by atoms with Gasteiger partial charge in [0.05, 0.1) is 6.26 Å². The van der Waals surface area contributed by atoms with Crippen molar-refractivity contribution in [3.63, 3.8) is 0 Å². The van der Waals surface area contributed by atoms with Crippen molar-refractivity contribution >= 4 is 5.91 Å². The van der Waals surface area contributed by atoms with Gasteiger partial charge in [-0.1, -0.05) is 35.5 Å². The zero-order valence-corrected chi connectivity index (χ0v) is 13.1. The second-order valence-corrected chi connectivity index (χ2v) is 5.81. The number of carbonyl (C=O) groups is 1. The summed E-state index contributed by atoms with van der Waals surface area (Å²) >= 11 is 0. The fourth-order valence-electron chi connectivity index (χ4n) is 3.05. The fourth-order valence-corrected chi connectivity index (χ4v) is 3.05. The van der Waals surface area contributed by atoms with E-state index in [1.165, 1.54) is 6.26 Å². The summed E-state index contributed by atoms with van der Waals surface area (Å²) in [6.45, 7) is 0.660. The lowest BCUT2D eigenvalue weighted by Gasteiger charge is -2.32. The van der Waals surface area contributed by atoms with Gasteiger partial charge in [-0.3, -0.25) is 4.79 Å². The smallest absolute Gasteiger partial charge is 0.290 e. The van der Waals surface area contributed by atoms with Crippen LogP contribution in [0.5, 0.6) is 0 Å². The average molecular weight is 323 g/mol. The van der Waals surface area contributed by atoms with Gasteiger partial charge in [-0.25, -0.2) is 0 Å². The first-order valence-electron chi connectivity index (χ1n) is 8.06. The van der Waals surface area contributed by atoms with Crippen molar-refractivity contribution in [2.75, 3.05) is 6.54 Å². The highest BCUT2D eigenvalue weighted by atomic mass is 16.5. The molecule has 1 amide bonds. The quantitative estimate of drug-likeness (QED) is 0.735. The minimum Gasteiger partial charge on any atom is -0.459 e. The highest BCUT2D eigenvalue weighted by Crippen LogP contribution is 2.32. The van der Waals surface area contributed by atoms with Gasteiger partial charge >= 0.3 is 0 Å². The van der Waals surface area contributed by atoms with Gasteiger partial charge in [0.2, 0.25) is 11.7 Å². The number of rotatable bonds is 3. The van der Waals surface area contributed by atoms with Crippen LogP contribution in [0.15, 0.2) is 57.7 Å². The maximum Gasteiger partial charge on any atom is 0.290 e. The summed E-state index contributed by atoms with van der Waals surface area (Å²) in [6, 6.07) is 12.8. The van der Waals surface area contributed by atoms with E-state index in [0.717, 1.165) is 24.8 Å². The molecule has 0 N–H and O–H groups in total. The number of hydrogen-bond donors (Lipinski definition) is 0. The zero-order chi connectivity index (χ0) is 16.4. The molecule has 2 aromatic heterocycles. The molecule has 0 saturated carbocycles. The molecule has 1 aromatic carbocycles. The molecule has 24 heavy (non-hydrogen) atoms. The fraction of sp³-hybridized carbons (Fsp3) is 0.278. The molecule has 6 heteroatoms. The van der Waals surface area contributed by atoms with Crippen LogP contribution in [0.2, 0.25) is 0 Å². The summed E-state index contributed by atoms with van der Waals surface area (Å²) in [6.07, 6.45) is 4.30. The Morgan fingerprint density at radius 3 is 2.79 bits per heavy atom. The Balaban J connectivity index is 1.62. The van der Waals surface area contributed by atoms with Crippen LogP contribution < -0.4 is 0 Å². The van der Waals surface area contributed by atoms with E-state index in [0.29, 0.717) is 24.0 Å². The van der Waals surface area contributed by atoms with Crippen molar-refractivity contribution in [1.29, 1.82) is 0 Å². The maximum atomic E-state index is 12.7. The highest BCUT2D eigenvalue weighted by molar-refractivity contribution is 5.91. The molecular weight excluding hydrogens is 306 g/mol. The Morgan fingerprint density at radius 1 is 1.12 bits per heavy atom. The lowest BCUT2D eigenvalue weighted by atomic mass is 10.0. The molecule has 1 aliphatic rings. The topological polar surface area (TPSA) is 72.4 Å². The second kappa shape index (κ2) is 6.31. The monoisotopic (exact) mass is 323 g/mol. The normalized spacial score (nSPS) is 17.8. The Hall–Kier alpha value is -2.89. The highest BCUT2D eigenvalue weighted by Gasteiger charge is 2.33. The Morgan fingerprint density at radius 2 is 2.00 bits per heavy atom. The maximum absolute atomic E-state index is 12.7. The van der Waals surface area contributed by atoms with Gasteiger partial charge in [0.1, 0.15) is 6.04 Å². The molecule has 0 aliphatic carbocycles. The van der Waals surface area contributed by atoms with E-state index >= 15 is 0 Å². The van der Waals surface area contributed by atoms with Crippen LogP contribution in [-0.2, 0) is 0 Å². The Labute approximate surface area is 139 Å². The van der Waals surface area contributed by atoms with Crippen LogP contribution in [0, 0.1) is 0 Å². The molecule has 1 fully saturated rings. The van der Waals surface area contributed by atoms with Crippen LogP contribution >= 0.6 is 0 Å². The minimum absolute atomic E-state index is 0.135. The molecular formula is C18H17N3O3. The Kier molecular flexibility index (Phi) is 3.86. The molecule has 1 saturated heterocycles. The number of piperidine rings is 1. The number of amides is 1. The zero-order valence-electron chi connectivity index (χ0n) is 13.1. The number of aromatic nitrogens is 2. The van der Waals surface area contributed by atoms with Gasteiger partial charge in [0.15, 0.2) is 5.76 Å². The Bertz CT molecular complexity index is 811. The molecule has 0 spiro atoms. The van der Waals surface area contributed by atoms with Crippen LogP contribution in [-0.4, -0.2) is 27.5 Å². The van der Waals surface area contributed by atoms with Crippen LogP contribution in [0.4, 0.5) is 0 Å². The summed E-state index contributed by atoms with van der Waals surface area (Å²) in [5.74, 6) is 1.23. The van der Waals surface area contributed by atoms with Crippen molar-refractivity contribution in [3.8, 4) is 11.4 Å². The van der Waals surface area contributed by atoms with Gasteiger partial charge < -0.3 is 13.8 Å². The van der Waals surface area contributed by atoms with E-state index in [2.05, 4.69) is 10.1 Å². The van der Waals surface area contributed by atoms with Crippen molar-refractivity contribution in [2.24, 2.45) is 0 Å². The van der Waals surface area contributed by atoms with Crippen molar-refractivity contribution in [1.82, 2.24) is 15.0 Å². The van der Waals surface area contributed by atoms with Crippen LogP contribution in [0.25, 0.3) is 11.4 Å². The van der Waals surface area contributed by atoms with Gasteiger partial charge in [-0.2, -0.15) is 4.98 Å². The average Bonchev–Trinajstić information content (AvgIpc) is 3.34. The van der Waals surface area contributed by atoms with Crippen molar-refractivity contribution < 1.29 is 13.7 Å². The lowest BCUT2D eigenvalue weighted by molar-refractivity contribution is 0.0529. The molecule has 0 bridgehead atoms. The van der Waals surface area contributed by atoms with Crippen molar-refractivity contribution in [2.45, 2.75) is 25.3 Å². The van der Waals surface area contributed by atoms with Crippen LogP contribution in [0.3, 0.4) is 0 Å². The van der Waals surface area contributed by atoms with Gasteiger partial charge in [0.25, 0.3) is 5.91 Å². The van der Waals surface area contributed by atoms with Crippen molar-refractivity contribution in [3.05, 3.63) is 60.4 Å². The first-order valence-corrected chi connectivity index (χ1v) is 8.06. The third-order valence-electron chi connectivity index (χ3n) is 4.25. The molecule has 6 nitrogen and oxygen atoms in total. The van der Waals surface area contributed by atoms with E-state index in [-0.39, 0.29) is 11.9 Å². The van der Waals surface area contributed by atoms with E-state index in [4.69, 9.17) is 8.94 Å². The van der Waals surface area contributed by atoms with E-state index in [1.807, 2.05) is 30.3 Å². The summed E-state index contributed by atoms with van der Waals surface area (Å²) in [5, 5.41) is 4.07. The number of carbonyl (C=O) groups excluding carboxylic acids is 1. The van der Waals surface area contributed by atoms with E-state index < -0.39 is 0 Å². The van der Waals surface area contributed by atoms with E-state index in [9.17, 15) is 4.79 Å². The third-order valence-corrected chi connectivity index (χ3v) is 4.25. The predicted octanol–water partition coefficient (Wildman–Crippen LogP) is 3.70. The summed E-state index contributed by atoms with van der Waals surface area (Å²) in [5.41, 5.74) is 0.896. The second-order valence-electron chi connectivity index (χ2n) is 5.81. The lowest BCUT2D eigenvalue weighted by Crippen LogP contribution is -2.38. The molecule has 122 valence electrons. The van der Waals surface area contributed by atoms with Gasteiger partial charge in [-0.15, -0.1) is 0 Å². The largest absolute Gasteiger partial charge is 0.459 e. The molecule has 0 radical (unpaired) electrons. The third kappa shape index (κ3) is 2.71. The predicted molar refractivity (Wildman–Crippen MR) is 86.1 cm³/mol. The molecule has 1 aliphatic heterocycles. The summed E-state index contributed by atoms with van der Waals surface area (Å²) in [7, 11) is 0. The molecule has 3 aromatic rings. The number of furan rings is 1. The standard InChI is InChI=1S/C18H17N3O3/c22-18(15-10-6-12-23-15)21-11-5-4-9-14(21)17-19-16(20-24-17)13-7-2-1-3-8-13/h1-3,6-8,10,12,14H,4-5,9,11H2. The number of nitrogens with zero attached hydrogens (tertiary/aromatic N) is 3. The summed E-state index contributed by atoms with van der Waals surface area (Å²) < 4.78 is 10.7. The van der Waals surface area contributed by atoms with Gasteiger partial charge in [0, 0.05) is 12.1 Å². The number of hydrogen-bond acceptors (Lipinski definition) is 5. The SMILES string of the molecule is O=C(c1ccco1)N1CCCCC1c1nc(-c2ccccc2)no1. The summed E-state index contributed by atoms with van der Waals surface area (Å²) in [4.78, 5) is 18.9.